The minimum absolute atomic E-state index is 0.0510. The number of nitrogens with zero attached hydrogens (tertiary/aromatic N) is 3. The molecule has 1 amide bonds. The molecule has 0 unspecified atom stereocenters. The Morgan fingerprint density at radius 1 is 1.35 bits per heavy atom. The molecule has 0 aliphatic carbocycles. The summed E-state index contributed by atoms with van der Waals surface area (Å²) in [5, 5.41) is 7.74. The van der Waals surface area contributed by atoms with Crippen molar-refractivity contribution in [3.8, 4) is 0 Å². The van der Waals surface area contributed by atoms with Crippen molar-refractivity contribution in [3.63, 3.8) is 0 Å². The van der Waals surface area contributed by atoms with Crippen LogP contribution in [0.4, 0.5) is 0 Å². The number of carbonyl (C=O) groups excluding carboxylic acids is 1. The normalized spacial score (nSPS) is 10.9. The number of fused-ring (bicyclic) bond motifs is 1. The van der Waals surface area contributed by atoms with Crippen LogP contribution in [-0.2, 0) is 6.54 Å². The molecule has 20 heavy (non-hydrogen) atoms. The molecular weight excluding hydrogens is 254 g/mol. The largest absolute Gasteiger partial charge is 0.360 e. The number of amides is 1. The lowest BCUT2D eigenvalue weighted by Crippen LogP contribution is -2.26. The van der Waals surface area contributed by atoms with E-state index in [9.17, 15) is 4.79 Å². The number of hydrogen-bond acceptors (Lipinski definition) is 3. The van der Waals surface area contributed by atoms with Crippen molar-refractivity contribution in [2.24, 2.45) is 0 Å². The predicted molar refractivity (Wildman–Crippen MR) is 75.2 cm³/mol. The SMILES string of the molecule is Cc1nc(CN(C)C(=O)c2c[nH]c3ccccc23)n[nH]1. The first kappa shape index (κ1) is 12.4. The maximum atomic E-state index is 12.5. The van der Waals surface area contributed by atoms with Gasteiger partial charge in [0.25, 0.3) is 5.91 Å². The summed E-state index contributed by atoms with van der Waals surface area (Å²) in [5.74, 6) is 1.30. The van der Waals surface area contributed by atoms with Crippen LogP contribution in [-0.4, -0.2) is 38.0 Å². The van der Waals surface area contributed by atoms with Gasteiger partial charge in [-0.3, -0.25) is 9.89 Å². The first-order chi connectivity index (χ1) is 9.65. The predicted octanol–water partition coefficient (Wildman–Crippen LogP) is 1.87. The second-order valence-corrected chi connectivity index (χ2v) is 4.75. The summed E-state index contributed by atoms with van der Waals surface area (Å²) in [4.78, 5) is 21.4. The maximum Gasteiger partial charge on any atom is 0.256 e. The zero-order valence-electron chi connectivity index (χ0n) is 11.3. The van der Waals surface area contributed by atoms with Gasteiger partial charge in [0.15, 0.2) is 5.82 Å². The summed E-state index contributed by atoms with van der Waals surface area (Å²) in [7, 11) is 1.75. The third-order valence-electron chi connectivity index (χ3n) is 3.19. The molecule has 3 aromatic rings. The van der Waals surface area contributed by atoms with Crippen molar-refractivity contribution in [1.29, 1.82) is 0 Å². The molecule has 0 fully saturated rings. The number of aromatic amines is 2. The first-order valence-electron chi connectivity index (χ1n) is 6.34. The number of para-hydroxylation sites is 1. The van der Waals surface area contributed by atoms with Crippen LogP contribution in [0.15, 0.2) is 30.5 Å². The Bertz CT molecular complexity index is 758. The fourth-order valence-electron chi connectivity index (χ4n) is 2.20. The Morgan fingerprint density at radius 3 is 2.90 bits per heavy atom. The van der Waals surface area contributed by atoms with E-state index in [2.05, 4.69) is 20.2 Å². The number of aryl methyl sites for hydroxylation is 1. The number of hydrogen-bond donors (Lipinski definition) is 2. The van der Waals surface area contributed by atoms with E-state index in [1.807, 2.05) is 31.2 Å². The van der Waals surface area contributed by atoms with Gasteiger partial charge in [-0.05, 0) is 13.0 Å². The molecule has 6 heteroatoms. The van der Waals surface area contributed by atoms with Crippen LogP contribution < -0.4 is 0 Å². The molecule has 0 saturated carbocycles. The van der Waals surface area contributed by atoms with Crippen molar-refractivity contribution in [3.05, 3.63) is 47.7 Å². The summed E-state index contributed by atoms with van der Waals surface area (Å²) >= 11 is 0. The Morgan fingerprint density at radius 2 is 2.15 bits per heavy atom. The second-order valence-electron chi connectivity index (χ2n) is 4.75. The Kier molecular flexibility index (Phi) is 2.98. The van der Waals surface area contributed by atoms with Gasteiger partial charge in [0.05, 0.1) is 12.1 Å². The van der Waals surface area contributed by atoms with E-state index in [0.29, 0.717) is 17.9 Å². The Balaban J connectivity index is 1.84. The Hall–Kier alpha value is -2.63. The third kappa shape index (κ3) is 2.16. The van der Waals surface area contributed by atoms with Crippen LogP contribution in [0.25, 0.3) is 10.9 Å². The molecule has 0 atom stereocenters. The topological polar surface area (TPSA) is 77.7 Å². The third-order valence-corrected chi connectivity index (χ3v) is 3.19. The van der Waals surface area contributed by atoms with Crippen LogP contribution in [0.1, 0.15) is 22.0 Å². The van der Waals surface area contributed by atoms with E-state index < -0.39 is 0 Å². The van der Waals surface area contributed by atoms with Crippen molar-refractivity contribution >= 4 is 16.8 Å². The zero-order valence-corrected chi connectivity index (χ0v) is 11.3. The van der Waals surface area contributed by atoms with Crippen molar-refractivity contribution in [2.75, 3.05) is 7.05 Å². The quantitative estimate of drug-likeness (QED) is 0.762. The number of H-pyrrole nitrogens is 2. The maximum absolute atomic E-state index is 12.5. The van der Waals surface area contributed by atoms with E-state index in [4.69, 9.17) is 0 Å². The van der Waals surface area contributed by atoms with Crippen molar-refractivity contribution in [1.82, 2.24) is 25.1 Å². The fraction of sp³-hybridized carbons (Fsp3) is 0.214. The molecule has 0 saturated heterocycles. The minimum atomic E-state index is -0.0510. The summed E-state index contributed by atoms with van der Waals surface area (Å²) in [6, 6.07) is 7.74. The van der Waals surface area contributed by atoms with Gasteiger partial charge < -0.3 is 9.88 Å². The van der Waals surface area contributed by atoms with E-state index in [-0.39, 0.29) is 5.91 Å². The molecule has 0 aliphatic heterocycles. The highest BCUT2D eigenvalue weighted by atomic mass is 16.2. The molecule has 1 aromatic carbocycles. The monoisotopic (exact) mass is 269 g/mol. The molecule has 0 spiro atoms. The highest BCUT2D eigenvalue weighted by molar-refractivity contribution is 6.06. The molecule has 0 bridgehead atoms. The molecular formula is C14H15N5O. The number of nitrogens with one attached hydrogen (secondary N) is 2. The van der Waals surface area contributed by atoms with E-state index in [1.54, 1.807) is 18.1 Å². The summed E-state index contributed by atoms with van der Waals surface area (Å²) in [6.07, 6.45) is 1.74. The van der Waals surface area contributed by atoms with Gasteiger partial charge >= 0.3 is 0 Å². The van der Waals surface area contributed by atoms with Gasteiger partial charge in [-0.1, -0.05) is 18.2 Å². The van der Waals surface area contributed by atoms with E-state index >= 15 is 0 Å². The zero-order chi connectivity index (χ0) is 14.1. The van der Waals surface area contributed by atoms with Crippen LogP contribution in [0.2, 0.25) is 0 Å². The minimum Gasteiger partial charge on any atom is -0.360 e. The van der Waals surface area contributed by atoms with Crippen molar-refractivity contribution in [2.45, 2.75) is 13.5 Å². The smallest absolute Gasteiger partial charge is 0.256 e. The lowest BCUT2D eigenvalue weighted by molar-refractivity contribution is 0.0783. The highest BCUT2D eigenvalue weighted by Crippen LogP contribution is 2.19. The van der Waals surface area contributed by atoms with E-state index in [1.165, 1.54) is 0 Å². The standard InChI is InChI=1S/C14H15N5O/c1-9-16-13(18-17-9)8-19(2)14(20)11-7-15-12-6-4-3-5-10(11)12/h3-7,15H,8H2,1-2H3,(H,16,17,18). The summed E-state index contributed by atoms with van der Waals surface area (Å²) in [5.41, 5.74) is 1.62. The summed E-state index contributed by atoms with van der Waals surface area (Å²) < 4.78 is 0. The molecule has 102 valence electrons. The number of benzene rings is 1. The van der Waals surface area contributed by atoms with Gasteiger partial charge in [-0.25, -0.2) is 4.98 Å². The molecule has 3 rings (SSSR count). The van der Waals surface area contributed by atoms with Gasteiger partial charge in [0, 0.05) is 24.1 Å². The average molecular weight is 269 g/mol. The van der Waals surface area contributed by atoms with Gasteiger partial charge in [0.2, 0.25) is 0 Å². The number of carbonyl (C=O) groups is 1. The van der Waals surface area contributed by atoms with Crippen LogP contribution >= 0.6 is 0 Å². The molecule has 0 aliphatic rings. The molecule has 6 nitrogen and oxygen atoms in total. The van der Waals surface area contributed by atoms with Crippen LogP contribution in [0.5, 0.6) is 0 Å². The second kappa shape index (κ2) is 4.80. The van der Waals surface area contributed by atoms with Gasteiger partial charge in [-0.2, -0.15) is 5.10 Å². The molecule has 0 radical (unpaired) electrons. The van der Waals surface area contributed by atoms with Gasteiger partial charge in [-0.15, -0.1) is 0 Å². The highest BCUT2D eigenvalue weighted by Gasteiger charge is 2.17. The van der Waals surface area contributed by atoms with Gasteiger partial charge in [0.1, 0.15) is 5.82 Å². The van der Waals surface area contributed by atoms with Crippen molar-refractivity contribution < 1.29 is 4.79 Å². The number of aromatic nitrogens is 4. The fourth-order valence-corrected chi connectivity index (χ4v) is 2.20. The lowest BCUT2D eigenvalue weighted by Gasteiger charge is -2.14. The van der Waals surface area contributed by atoms with Crippen LogP contribution in [0.3, 0.4) is 0 Å². The van der Waals surface area contributed by atoms with E-state index in [0.717, 1.165) is 16.7 Å². The number of rotatable bonds is 3. The first-order valence-corrected chi connectivity index (χ1v) is 6.34. The molecule has 2 heterocycles. The van der Waals surface area contributed by atoms with Crippen LogP contribution in [0, 0.1) is 6.92 Å². The summed E-state index contributed by atoms with van der Waals surface area (Å²) in [6.45, 7) is 2.21. The Labute approximate surface area is 115 Å². The molecule has 2 N–H and O–H groups in total. The average Bonchev–Trinajstić information content (AvgIpc) is 3.04. The lowest BCUT2D eigenvalue weighted by atomic mass is 10.1. The molecule has 2 aromatic heterocycles.